The van der Waals surface area contributed by atoms with Gasteiger partial charge in [-0.15, -0.1) is 0 Å². The van der Waals surface area contributed by atoms with Crippen LogP contribution < -0.4 is 0 Å². The fourth-order valence-corrected chi connectivity index (χ4v) is 6.37. The zero-order valence-corrected chi connectivity index (χ0v) is 20.2. The number of carbonyl (C=O) groups excluding carboxylic acids is 2. The Kier molecular flexibility index (Phi) is 4.17. The molecule has 0 amide bonds. The molecule has 0 saturated heterocycles. The summed E-state index contributed by atoms with van der Waals surface area (Å²) in [6, 6.07) is 4.15. The van der Waals surface area contributed by atoms with Crippen LogP contribution in [0.1, 0.15) is 82.8 Å². The minimum absolute atomic E-state index is 0.0144. The largest absolute Gasteiger partial charge is 0.430 e. The smallest absolute Gasteiger partial charge is 0.323 e. The van der Waals surface area contributed by atoms with Gasteiger partial charge in [-0.3, -0.25) is 9.59 Å². The monoisotopic (exact) mass is 432 g/mol. The number of rotatable bonds is 2. The zero-order valence-electron chi connectivity index (χ0n) is 20.2. The molecule has 3 aliphatic carbocycles. The van der Waals surface area contributed by atoms with Crippen molar-refractivity contribution in [1.29, 1.82) is 0 Å². The van der Waals surface area contributed by atoms with E-state index in [1.54, 1.807) is 0 Å². The molecule has 2 bridgehead atoms. The summed E-state index contributed by atoms with van der Waals surface area (Å²) in [5.74, 6) is 0.198. The van der Waals surface area contributed by atoms with E-state index < -0.39 is 10.8 Å². The summed E-state index contributed by atoms with van der Waals surface area (Å²) < 4.78 is 6.03. The van der Waals surface area contributed by atoms with Gasteiger partial charge in [-0.1, -0.05) is 34.6 Å². The predicted molar refractivity (Wildman–Crippen MR) is 123 cm³/mol. The summed E-state index contributed by atoms with van der Waals surface area (Å²) in [6.45, 7) is 14.7. The van der Waals surface area contributed by atoms with Gasteiger partial charge in [-0.25, -0.2) is 9.97 Å². The summed E-state index contributed by atoms with van der Waals surface area (Å²) in [7, 11) is 0. The van der Waals surface area contributed by atoms with Crippen molar-refractivity contribution in [2.45, 2.75) is 85.0 Å². The second kappa shape index (κ2) is 6.27. The van der Waals surface area contributed by atoms with Gasteiger partial charge in [-0.2, -0.15) is 0 Å². The van der Waals surface area contributed by atoms with Crippen LogP contribution in [0.3, 0.4) is 0 Å². The third-order valence-corrected chi connectivity index (χ3v) is 8.85. The summed E-state index contributed by atoms with van der Waals surface area (Å²) in [5.41, 5.74) is 3.97. The second-order valence-corrected chi connectivity index (χ2v) is 11.7. The molecule has 32 heavy (non-hydrogen) atoms. The average molecular weight is 433 g/mol. The summed E-state index contributed by atoms with van der Waals surface area (Å²) >= 11 is 0. The number of carbonyl (C=O) groups is 2. The highest BCUT2D eigenvalue weighted by Gasteiger charge is 2.74. The highest BCUT2D eigenvalue weighted by molar-refractivity contribution is 5.93. The van der Waals surface area contributed by atoms with Crippen LogP contribution in [0.4, 0.5) is 0 Å². The molecule has 1 fully saturated rings. The van der Waals surface area contributed by atoms with Gasteiger partial charge in [0.05, 0.1) is 22.4 Å². The Hall–Kier alpha value is -2.56. The quantitative estimate of drug-likeness (QED) is 0.595. The first kappa shape index (κ1) is 21.3. The number of hydrogen-bond donors (Lipinski definition) is 0. The Morgan fingerprint density at radius 1 is 0.906 bits per heavy atom. The van der Waals surface area contributed by atoms with Crippen molar-refractivity contribution in [1.82, 2.24) is 9.97 Å². The number of fused-ring (bicyclic) bond motifs is 6. The third kappa shape index (κ3) is 2.57. The summed E-state index contributed by atoms with van der Waals surface area (Å²) in [6.07, 6.45) is 4.10. The molecule has 1 aromatic heterocycles. The van der Waals surface area contributed by atoms with Crippen molar-refractivity contribution in [2.24, 2.45) is 10.8 Å². The number of ketones is 1. The molecule has 5 nitrogen and oxygen atoms in total. The number of hydrogen-bond acceptors (Lipinski definition) is 5. The van der Waals surface area contributed by atoms with Gasteiger partial charge >= 0.3 is 5.97 Å². The Bertz CT molecular complexity index is 1240. The van der Waals surface area contributed by atoms with Crippen LogP contribution in [-0.2, 0) is 25.2 Å². The number of aryl methyl sites for hydroxylation is 2. The molecule has 1 aromatic carbocycles. The molecule has 1 saturated carbocycles. The van der Waals surface area contributed by atoms with E-state index in [9.17, 15) is 9.59 Å². The van der Waals surface area contributed by atoms with Gasteiger partial charge in [0.2, 0.25) is 0 Å². The molecule has 0 radical (unpaired) electrons. The van der Waals surface area contributed by atoms with Crippen LogP contribution in [-0.4, -0.2) is 21.7 Å². The average Bonchev–Trinajstić information content (AvgIpc) is 2.95. The number of nitrogens with zero attached hydrogens (tertiary/aromatic N) is 2. The molecule has 0 N–H and O–H groups in total. The number of allylic oxidation sites excluding steroid dienone is 2. The molecule has 5 rings (SSSR count). The molecule has 3 aliphatic rings. The van der Waals surface area contributed by atoms with Crippen molar-refractivity contribution in [3.05, 3.63) is 46.5 Å². The molecule has 1 heterocycles. The van der Waals surface area contributed by atoms with E-state index in [4.69, 9.17) is 14.7 Å². The van der Waals surface area contributed by atoms with Crippen LogP contribution in [0.2, 0.25) is 0 Å². The highest BCUT2D eigenvalue weighted by atomic mass is 16.5. The Labute approximate surface area is 189 Å². The molecule has 2 unspecified atom stereocenters. The van der Waals surface area contributed by atoms with Crippen molar-refractivity contribution < 1.29 is 14.3 Å². The maximum atomic E-state index is 13.9. The van der Waals surface area contributed by atoms with E-state index in [0.29, 0.717) is 25.0 Å². The molecule has 2 aromatic rings. The zero-order chi connectivity index (χ0) is 23.3. The topological polar surface area (TPSA) is 69.2 Å². The lowest BCUT2D eigenvalue weighted by molar-refractivity contribution is -0.151. The first-order valence-electron chi connectivity index (χ1n) is 11.6. The molecule has 2 atom stereocenters. The van der Waals surface area contributed by atoms with Crippen LogP contribution in [0, 0.1) is 24.7 Å². The SMILES string of the molecule is Cc1cc2nc3c(nc2cc1C)C1(C(=O)OC2=CC(=O)CC(C)(C)C2)CCC3(C)C1(C)C. The number of ether oxygens (including phenoxy) is 1. The first-order chi connectivity index (χ1) is 14.8. The van der Waals surface area contributed by atoms with Crippen LogP contribution >= 0.6 is 0 Å². The summed E-state index contributed by atoms with van der Waals surface area (Å²) in [4.78, 5) is 36.3. The highest BCUT2D eigenvalue weighted by Crippen LogP contribution is 2.70. The molecule has 0 aliphatic heterocycles. The maximum absolute atomic E-state index is 13.9. The van der Waals surface area contributed by atoms with Crippen molar-refractivity contribution in [3.63, 3.8) is 0 Å². The van der Waals surface area contributed by atoms with E-state index in [1.165, 1.54) is 11.6 Å². The Morgan fingerprint density at radius 3 is 2.09 bits per heavy atom. The number of aromatic nitrogens is 2. The van der Waals surface area contributed by atoms with E-state index in [-0.39, 0.29) is 22.6 Å². The van der Waals surface area contributed by atoms with Gasteiger partial charge in [-0.05, 0) is 60.8 Å². The first-order valence-corrected chi connectivity index (χ1v) is 11.6. The van der Waals surface area contributed by atoms with Crippen LogP contribution in [0.15, 0.2) is 24.0 Å². The standard InChI is InChI=1S/C27H32N2O3/c1-15-10-19-20(11-16(15)2)29-22-21(28-19)26(7)8-9-27(22,25(26,5)6)23(31)32-18-12-17(30)13-24(3,4)14-18/h10-12H,8-9,13-14H2,1-7H3. The van der Waals surface area contributed by atoms with Crippen molar-refractivity contribution in [2.75, 3.05) is 0 Å². The van der Waals surface area contributed by atoms with E-state index in [1.807, 2.05) is 13.8 Å². The van der Waals surface area contributed by atoms with Gasteiger partial charge in [0.15, 0.2) is 5.78 Å². The molecule has 168 valence electrons. The predicted octanol–water partition coefficient (Wildman–Crippen LogP) is 5.39. The van der Waals surface area contributed by atoms with Crippen LogP contribution in [0.5, 0.6) is 0 Å². The molecular weight excluding hydrogens is 400 g/mol. The van der Waals surface area contributed by atoms with E-state index in [0.717, 1.165) is 34.4 Å². The minimum Gasteiger partial charge on any atom is -0.430 e. The van der Waals surface area contributed by atoms with Gasteiger partial charge in [0.25, 0.3) is 0 Å². The molecule has 0 spiro atoms. The van der Waals surface area contributed by atoms with E-state index in [2.05, 4.69) is 46.8 Å². The normalized spacial score (nSPS) is 29.7. The fraction of sp³-hybridized carbons (Fsp3) is 0.556. The fourth-order valence-electron chi connectivity index (χ4n) is 6.37. The second-order valence-electron chi connectivity index (χ2n) is 11.7. The Balaban J connectivity index is 1.66. The minimum atomic E-state index is -0.872. The van der Waals surface area contributed by atoms with E-state index >= 15 is 0 Å². The maximum Gasteiger partial charge on any atom is 0.323 e. The lowest BCUT2D eigenvalue weighted by Gasteiger charge is -2.39. The van der Waals surface area contributed by atoms with Gasteiger partial charge < -0.3 is 4.74 Å². The lowest BCUT2D eigenvalue weighted by Crippen LogP contribution is -2.47. The van der Waals surface area contributed by atoms with Gasteiger partial charge in [0.1, 0.15) is 11.2 Å². The third-order valence-electron chi connectivity index (χ3n) is 8.85. The Morgan fingerprint density at radius 2 is 1.50 bits per heavy atom. The number of esters is 1. The lowest BCUT2D eigenvalue weighted by atomic mass is 9.64. The molecule has 5 heteroatoms. The molecular formula is C27H32N2O3. The van der Waals surface area contributed by atoms with Crippen LogP contribution in [0.25, 0.3) is 11.0 Å². The van der Waals surface area contributed by atoms with Crippen molar-refractivity contribution >= 4 is 22.8 Å². The van der Waals surface area contributed by atoms with Gasteiger partial charge in [0, 0.05) is 24.3 Å². The van der Waals surface area contributed by atoms with Crippen molar-refractivity contribution in [3.8, 4) is 0 Å². The summed E-state index contributed by atoms with van der Waals surface area (Å²) in [5, 5.41) is 0. The number of benzene rings is 1.